The van der Waals surface area contributed by atoms with Crippen LogP contribution in [0.5, 0.6) is 0 Å². The first kappa shape index (κ1) is 26.6. The number of benzene rings is 8. The Bertz CT molecular complexity index is 2830. The highest BCUT2D eigenvalue weighted by Gasteiger charge is 2.15. The summed E-state index contributed by atoms with van der Waals surface area (Å²) < 4.78 is 6.44. The van der Waals surface area contributed by atoms with E-state index in [2.05, 4.69) is 115 Å². The SMILES string of the molecule is c1ccc(-c2ccc3cc(-n4nc5ccc(-c6ccc7ccc8ccc9nc(-c%10ccccc%10)oc9c8c7c6)cc5n4)ccc3c2)cc1. The molecule has 10 rings (SSSR count). The van der Waals surface area contributed by atoms with Gasteiger partial charge in [-0.25, -0.2) is 4.98 Å². The average molecular weight is 615 g/mol. The Morgan fingerprint density at radius 2 is 1.02 bits per heavy atom. The molecule has 0 bridgehead atoms. The van der Waals surface area contributed by atoms with E-state index in [1.807, 2.05) is 42.5 Å². The molecule has 0 fully saturated rings. The molecule has 0 saturated heterocycles. The Morgan fingerprint density at radius 3 is 1.88 bits per heavy atom. The van der Waals surface area contributed by atoms with E-state index in [4.69, 9.17) is 19.6 Å². The third-order valence-electron chi connectivity index (χ3n) is 9.25. The van der Waals surface area contributed by atoms with E-state index < -0.39 is 0 Å². The number of fused-ring (bicyclic) bond motifs is 7. The fraction of sp³-hybridized carbons (Fsp3) is 0. The smallest absolute Gasteiger partial charge is 0.227 e. The van der Waals surface area contributed by atoms with Crippen LogP contribution in [0.15, 0.2) is 162 Å². The van der Waals surface area contributed by atoms with Crippen molar-refractivity contribution in [3.8, 4) is 39.4 Å². The normalized spacial score (nSPS) is 11.8. The molecular weight excluding hydrogens is 589 g/mol. The van der Waals surface area contributed by atoms with Crippen LogP contribution in [-0.4, -0.2) is 20.0 Å². The van der Waals surface area contributed by atoms with Gasteiger partial charge in [-0.3, -0.25) is 0 Å². The minimum atomic E-state index is 0.628. The van der Waals surface area contributed by atoms with Crippen molar-refractivity contribution in [2.45, 2.75) is 0 Å². The van der Waals surface area contributed by atoms with E-state index in [1.165, 1.54) is 16.5 Å². The maximum Gasteiger partial charge on any atom is 0.227 e. The molecule has 0 radical (unpaired) electrons. The van der Waals surface area contributed by atoms with E-state index >= 15 is 0 Å². The molecule has 0 spiro atoms. The third-order valence-corrected chi connectivity index (χ3v) is 9.25. The number of hydrogen-bond acceptors (Lipinski definition) is 4. The fourth-order valence-corrected chi connectivity index (χ4v) is 6.78. The van der Waals surface area contributed by atoms with Crippen LogP contribution >= 0.6 is 0 Å². The monoisotopic (exact) mass is 614 g/mol. The second kappa shape index (κ2) is 10.5. The first-order chi connectivity index (χ1) is 23.7. The Hall–Kier alpha value is -6.59. The van der Waals surface area contributed by atoms with Crippen molar-refractivity contribution in [3.05, 3.63) is 158 Å². The summed E-state index contributed by atoms with van der Waals surface area (Å²) in [6, 6.07) is 54.8. The van der Waals surface area contributed by atoms with Gasteiger partial charge < -0.3 is 4.42 Å². The highest BCUT2D eigenvalue weighted by atomic mass is 16.3. The predicted octanol–water partition coefficient (Wildman–Crippen LogP) is 11.0. The second-order valence-corrected chi connectivity index (χ2v) is 12.2. The molecule has 2 aromatic heterocycles. The standard InChI is InChI=1S/C43H26N4O/c1-3-7-27(8-4-1)31-15-16-33-24-36(20-17-32(33)23-31)47-45-38-21-19-35(26-40(38)46-47)34-14-12-28-11-13-29-18-22-39-42(41(29)37(28)25-34)48-43(44-39)30-9-5-2-6-10-30/h1-26H. The van der Waals surface area contributed by atoms with Crippen molar-refractivity contribution in [1.82, 2.24) is 20.0 Å². The molecule has 0 atom stereocenters. The van der Waals surface area contributed by atoms with Crippen LogP contribution in [0.2, 0.25) is 0 Å². The zero-order valence-electron chi connectivity index (χ0n) is 25.7. The molecule has 0 saturated carbocycles. The van der Waals surface area contributed by atoms with Crippen LogP contribution in [0.4, 0.5) is 0 Å². The first-order valence-electron chi connectivity index (χ1n) is 16.0. The zero-order valence-corrected chi connectivity index (χ0v) is 25.7. The molecule has 0 aliphatic carbocycles. The number of nitrogens with zero attached hydrogens (tertiary/aromatic N) is 4. The lowest BCUT2D eigenvalue weighted by molar-refractivity contribution is 0.623. The molecule has 224 valence electrons. The van der Waals surface area contributed by atoms with E-state index in [-0.39, 0.29) is 0 Å². The van der Waals surface area contributed by atoms with E-state index in [0.29, 0.717) is 5.89 Å². The van der Waals surface area contributed by atoms with Gasteiger partial charge in [0.15, 0.2) is 5.58 Å². The van der Waals surface area contributed by atoms with Crippen LogP contribution in [0, 0.1) is 0 Å². The van der Waals surface area contributed by atoms with Crippen molar-refractivity contribution < 1.29 is 4.42 Å². The summed E-state index contributed by atoms with van der Waals surface area (Å²) in [4.78, 5) is 6.56. The van der Waals surface area contributed by atoms with Crippen molar-refractivity contribution in [1.29, 1.82) is 0 Å². The molecule has 0 N–H and O–H groups in total. The fourth-order valence-electron chi connectivity index (χ4n) is 6.78. The molecule has 0 unspecified atom stereocenters. The summed E-state index contributed by atoms with van der Waals surface area (Å²) in [5.41, 5.74) is 9.83. The molecule has 0 aliphatic rings. The van der Waals surface area contributed by atoms with Gasteiger partial charge in [-0.05, 0) is 104 Å². The number of oxazole rings is 1. The van der Waals surface area contributed by atoms with Gasteiger partial charge in [-0.15, -0.1) is 10.2 Å². The van der Waals surface area contributed by atoms with Gasteiger partial charge in [0.2, 0.25) is 5.89 Å². The number of rotatable bonds is 4. The van der Waals surface area contributed by atoms with Crippen LogP contribution in [-0.2, 0) is 0 Å². The topological polar surface area (TPSA) is 56.7 Å². The van der Waals surface area contributed by atoms with Gasteiger partial charge in [-0.1, -0.05) is 103 Å². The molecule has 5 nitrogen and oxygen atoms in total. The summed E-state index contributed by atoms with van der Waals surface area (Å²) in [6.07, 6.45) is 0. The Balaban J connectivity index is 1.04. The number of aromatic nitrogens is 4. The molecular formula is C43H26N4O. The van der Waals surface area contributed by atoms with Gasteiger partial charge in [0.1, 0.15) is 16.6 Å². The highest BCUT2D eigenvalue weighted by molar-refractivity contribution is 6.18. The van der Waals surface area contributed by atoms with Crippen molar-refractivity contribution in [2.24, 2.45) is 0 Å². The van der Waals surface area contributed by atoms with E-state index in [9.17, 15) is 0 Å². The van der Waals surface area contributed by atoms with Crippen LogP contribution in [0.1, 0.15) is 0 Å². The molecule has 48 heavy (non-hydrogen) atoms. The Kier molecular flexibility index (Phi) is 5.81. The summed E-state index contributed by atoms with van der Waals surface area (Å²) in [5, 5.41) is 16.5. The van der Waals surface area contributed by atoms with Crippen molar-refractivity contribution in [2.75, 3.05) is 0 Å². The lowest BCUT2D eigenvalue weighted by atomic mass is 9.96. The van der Waals surface area contributed by atoms with Gasteiger partial charge >= 0.3 is 0 Å². The minimum Gasteiger partial charge on any atom is -0.435 e. The first-order valence-corrected chi connectivity index (χ1v) is 16.0. The quantitative estimate of drug-likeness (QED) is 0.185. The molecule has 2 heterocycles. The average Bonchev–Trinajstić information content (AvgIpc) is 3.79. The van der Waals surface area contributed by atoms with Gasteiger partial charge in [0.25, 0.3) is 0 Å². The van der Waals surface area contributed by atoms with Gasteiger partial charge in [0, 0.05) is 10.9 Å². The molecule has 8 aromatic carbocycles. The summed E-state index contributed by atoms with van der Waals surface area (Å²) in [7, 11) is 0. The van der Waals surface area contributed by atoms with Gasteiger partial charge in [0.05, 0.1) is 5.69 Å². The zero-order chi connectivity index (χ0) is 31.6. The third kappa shape index (κ3) is 4.37. The maximum atomic E-state index is 6.44. The van der Waals surface area contributed by atoms with Crippen LogP contribution < -0.4 is 0 Å². The van der Waals surface area contributed by atoms with Crippen LogP contribution in [0.25, 0.3) is 93.8 Å². The van der Waals surface area contributed by atoms with Crippen LogP contribution in [0.3, 0.4) is 0 Å². The lowest BCUT2D eigenvalue weighted by Crippen LogP contribution is -1.98. The predicted molar refractivity (Wildman–Crippen MR) is 195 cm³/mol. The van der Waals surface area contributed by atoms with E-state index in [1.54, 1.807) is 4.80 Å². The second-order valence-electron chi connectivity index (χ2n) is 12.2. The molecule has 5 heteroatoms. The minimum absolute atomic E-state index is 0.628. The van der Waals surface area contributed by atoms with Crippen molar-refractivity contribution in [3.63, 3.8) is 0 Å². The van der Waals surface area contributed by atoms with Crippen molar-refractivity contribution >= 4 is 54.5 Å². The molecule has 10 aromatic rings. The van der Waals surface area contributed by atoms with E-state index in [0.717, 1.165) is 71.4 Å². The Labute approximate surface area is 275 Å². The molecule has 0 aliphatic heterocycles. The molecule has 0 amide bonds. The highest BCUT2D eigenvalue weighted by Crippen LogP contribution is 2.37. The summed E-state index contributed by atoms with van der Waals surface area (Å²) in [6.45, 7) is 0. The maximum absolute atomic E-state index is 6.44. The lowest BCUT2D eigenvalue weighted by Gasteiger charge is -2.08. The van der Waals surface area contributed by atoms with Gasteiger partial charge in [-0.2, -0.15) is 4.80 Å². The largest absolute Gasteiger partial charge is 0.435 e. The summed E-state index contributed by atoms with van der Waals surface area (Å²) in [5.74, 6) is 0.628. The summed E-state index contributed by atoms with van der Waals surface area (Å²) >= 11 is 0. The number of hydrogen-bond donors (Lipinski definition) is 0. The Morgan fingerprint density at radius 1 is 0.417 bits per heavy atom.